The molecule has 2 aromatic carbocycles. The SMILES string of the molecule is Cc1ccc(S(=O)(=O)NC2CCCC=C2c2ccccc2)cc1. The first-order chi connectivity index (χ1) is 11.1. The van der Waals surface area contributed by atoms with Gasteiger partial charge in [-0.25, -0.2) is 13.1 Å². The van der Waals surface area contributed by atoms with Crippen LogP contribution in [0.1, 0.15) is 30.4 Å². The molecule has 1 unspecified atom stereocenters. The van der Waals surface area contributed by atoms with Gasteiger partial charge in [-0.3, -0.25) is 0 Å². The van der Waals surface area contributed by atoms with E-state index in [-0.39, 0.29) is 6.04 Å². The number of nitrogens with one attached hydrogen (secondary N) is 1. The van der Waals surface area contributed by atoms with Crippen LogP contribution in [-0.4, -0.2) is 14.5 Å². The Morgan fingerprint density at radius 2 is 1.70 bits per heavy atom. The van der Waals surface area contributed by atoms with Gasteiger partial charge >= 0.3 is 0 Å². The first kappa shape index (κ1) is 16.0. The van der Waals surface area contributed by atoms with Crippen LogP contribution in [0.25, 0.3) is 5.57 Å². The third kappa shape index (κ3) is 3.71. The third-order valence-corrected chi connectivity index (χ3v) is 5.66. The summed E-state index contributed by atoms with van der Waals surface area (Å²) in [5.41, 5.74) is 3.21. The molecule has 4 heteroatoms. The Labute approximate surface area is 138 Å². The summed E-state index contributed by atoms with van der Waals surface area (Å²) in [4.78, 5) is 0.320. The summed E-state index contributed by atoms with van der Waals surface area (Å²) < 4.78 is 28.2. The van der Waals surface area contributed by atoms with Crippen molar-refractivity contribution in [3.05, 3.63) is 71.8 Å². The molecule has 1 atom stereocenters. The summed E-state index contributed by atoms with van der Waals surface area (Å²) in [6.07, 6.45) is 4.97. The molecule has 1 aliphatic rings. The summed E-state index contributed by atoms with van der Waals surface area (Å²) in [7, 11) is -3.51. The Morgan fingerprint density at radius 3 is 2.39 bits per heavy atom. The molecule has 1 N–H and O–H groups in total. The lowest BCUT2D eigenvalue weighted by molar-refractivity contribution is 0.554. The average Bonchev–Trinajstić information content (AvgIpc) is 2.56. The molecule has 0 spiro atoms. The van der Waals surface area contributed by atoms with Gasteiger partial charge in [-0.2, -0.15) is 0 Å². The topological polar surface area (TPSA) is 46.2 Å². The highest BCUT2D eigenvalue weighted by Crippen LogP contribution is 2.28. The van der Waals surface area contributed by atoms with Gasteiger partial charge in [0.15, 0.2) is 0 Å². The predicted molar refractivity (Wildman–Crippen MR) is 93.6 cm³/mol. The van der Waals surface area contributed by atoms with Crippen molar-refractivity contribution in [1.29, 1.82) is 0 Å². The molecular weight excluding hydrogens is 306 g/mol. The zero-order valence-corrected chi connectivity index (χ0v) is 14.0. The maximum absolute atomic E-state index is 12.7. The van der Waals surface area contributed by atoms with Crippen LogP contribution >= 0.6 is 0 Å². The average molecular weight is 327 g/mol. The van der Waals surface area contributed by atoms with Crippen molar-refractivity contribution >= 4 is 15.6 Å². The highest BCUT2D eigenvalue weighted by molar-refractivity contribution is 7.89. The monoisotopic (exact) mass is 327 g/mol. The van der Waals surface area contributed by atoms with Crippen molar-refractivity contribution < 1.29 is 8.42 Å². The number of aryl methyl sites for hydroxylation is 1. The predicted octanol–water partition coefficient (Wildman–Crippen LogP) is 3.91. The lowest BCUT2D eigenvalue weighted by Gasteiger charge is -2.25. The van der Waals surface area contributed by atoms with Crippen LogP contribution in [0.3, 0.4) is 0 Å². The van der Waals surface area contributed by atoms with E-state index in [0.717, 1.165) is 36.0 Å². The van der Waals surface area contributed by atoms with Gasteiger partial charge in [0.2, 0.25) is 10.0 Å². The van der Waals surface area contributed by atoms with Gasteiger partial charge in [0.05, 0.1) is 4.90 Å². The normalized spacial score (nSPS) is 18.5. The van der Waals surface area contributed by atoms with E-state index in [1.165, 1.54) is 0 Å². The van der Waals surface area contributed by atoms with E-state index in [2.05, 4.69) is 10.8 Å². The molecule has 23 heavy (non-hydrogen) atoms. The Kier molecular flexibility index (Phi) is 4.64. The standard InChI is InChI=1S/C19H21NO2S/c1-15-11-13-17(14-12-15)23(21,22)20-19-10-6-5-9-18(19)16-7-3-2-4-8-16/h2-4,7-9,11-14,19-20H,5-6,10H2,1H3. The van der Waals surface area contributed by atoms with E-state index >= 15 is 0 Å². The Balaban J connectivity index is 1.87. The van der Waals surface area contributed by atoms with E-state index in [1.54, 1.807) is 12.1 Å². The minimum atomic E-state index is -3.51. The highest BCUT2D eigenvalue weighted by Gasteiger charge is 2.25. The van der Waals surface area contributed by atoms with Crippen LogP contribution in [-0.2, 0) is 10.0 Å². The lowest BCUT2D eigenvalue weighted by Crippen LogP contribution is -2.36. The number of allylic oxidation sites excluding steroid dienone is 1. The second kappa shape index (κ2) is 6.69. The number of benzene rings is 2. The second-order valence-corrected chi connectivity index (χ2v) is 7.66. The quantitative estimate of drug-likeness (QED) is 0.925. The maximum atomic E-state index is 12.7. The molecule has 0 amide bonds. The summed E-state index contributed by atoms with van der Waals surface area (Å²) in [5.74, 6) is 0. The van der Waals surface area contributed by atoms with Gasteiger partial charge in [-0.1, -0.05) is 54.1 Å². The van der Waals surface area contributed by atoms with Crippen molar-refractivity contribution in [2.45, 2.75) is 37.1 Å². The van der Waals surface area contributed by atoms with Crippen LogP contribution < -0.4 is 4.72 Å². The molecule has 3 rings (SSSR count). The lowest BCUT2D eigenvalue weighted by atomic mass is 9.90. The van der Waals surface area contributed by atoms with Crippen LogP contribution in [0.2, 0.25) is 0 Å². The molecule has 0 fully saturated rings. The molecule has 0 saturated heterocycles. The molecule has 0 heterocycles. The van der Waals surface area contributed by atoms with E-state index in [0.29, 0.717) is 4.90 Å². The van der Waals surface area contributed by atoms with Crippen molar-refractivity contribution in [1.82, 2.24) is 4.72 Å². The zero-order valence-electron chi connectivity index (χ0n) is 13.2. The smallest absolute Gasteiger partial charge is 0.207 e. The minimum absolute atomic E-state index is 0.169. The minimum Gasteiger partial charge on any atom is -0.207 e. The third-order valence-electron chi connectivity index (χ3n) is 4.17. The zero-order chi connectivity index (χ0) is 16.3. The van der Waals surface area contributed by atoms with Gasteiger partial charge in [-0.15, -0.1) is 0 Å². The molecule has 2 aromatic rings. The molecule has 3 nitrogen and oxygen atoms in total. The Morgan fingerprint density at radius 1 is 1.00 bits per heavy atom. The fraction of sp³-hybridized carbons (Fsp3) is 0.263. The number of hydrogen-bond donors (Lipinski definition) is 1. The van der Waals surface area contributed by atoms with Gasteiger partial charge in [0.25, 0.3) is 0 Å². The van der Waals surface area contributed by atoms with E-state index in [9.17, 15) is 8.42 Å². The number of rotatable bonds is 4. The fourth-order valence-corrected chi connectivity index (χ4v) is 4.17. The van der Waals surface area contributed by atoms with Gasteiger partial charge in [-0.05, 0) is 49.5 Å². The van der Waals surface area contributed by atoms with Crippen molar-refractivity contribution in [2.24, 2.45) is 0 Å². The summed E-state index contributed by atoms with van der Waals surface area (Å²) >= 11 is 0. The van der Waals surface area contributed by atoms with Crippen molar-refractivity contribution in [3.8, 4) is 0 Å². The molecule has 0 bridgehead atoms. The van der Waals surface area contributed by atoms with Gasteiger partial charge < -0.3 is 0 Å². The van der Waals surface area contributed by atoms with Crippen molar-refractivity contribution in [2.75, 3.05) is 0 Å². The van der Waals surface area contributed by atoms with E-state index < -0.39 is 10.0 Å². The van der Waals surface area contributed by atoms with Crippen molar-refractivity contribution in [3.63, 3.8) is 0 Å². The first-order valence-electron chi connectivity index (χ1n) is 7.91. The summed E-state index contributed by atoms with van der Waals surface area (Å²) in [6, 6.07) is 16.8. The van der Waals surface area contributed by atoms with Crippen LogP contribution in [0.4, 0.5) is 0 Å². The largest absolute Gasteiger partial charge is 0.241 e. The second-order valence-electron chi connectivity index (χ2n) is 5.94. The molecule has 0 aliphatic heterocycles. The fourth-order valence-electron chi connectivity index (χ4n) is 2.92. The summed E-state index contributed by atoms with van der Waals surface area (Å²) in [6.45, 7) is 1.95. The van der Waals surface area contributed by atoms with E-state index in [1.807, 2.05) is 49.4 Å². The van der Waals surface area contributed by atoms with Crippen LogP contribution in [0.15, 0.2) is 65.6 Å². The van der Waals surface area contributed by atoms with Crippen LogP contribution in [0, 0.1) is 6.92 Å². The van der Waals surface area contributed by atoms with Crippen LogP contribution in [0.5, 0.6) is 0 Å². The molecule has 0 saturated carbocycles. The molecule has 0 radical (unpaired) electrons. The number of hydrogen-bond acceptors (Lipinski definition) is 2. The Bertz CT molecular complexity index is 793. The summed E-state index contributed by atoms with van der Waals surface area (Å²) in [5, 5.41) is 0. The first-order valence-corrected chi connectivity index (χ1v) is 9.39. The number of sulfonamides is 1. The molecular formula is C19H21NO2S. The molecule has 0 aromatic heterocycles. The van der Waals surface area contributed by atoms with Gasteiger partial charge in [0, 0.05) is 6.04 Å². The maximum Gasteiger partial charge on any atom is 0.241 e. The molecule has 120 valence electrons. The molecule has 1 aliphatic carbocycles. The Hall–Kier alpha value is -1.91. The van der Waals surface area contributed by atoms with Gasteiger partial charge in [0.1, 0.15) is 0 Å². The highest BCUT2D eigenvalue weighted by atomic mass is 32.2. The van der Waals surface area contributed by atoms with E-state index in [4.69, 9.17) is 0 Å².